The van der Waals surface area contributed by atoms with Crippen molar-refractivity contribution in [1.82, 2.24) is 0 Å². The summed E-state index contributed by atoms with van der Waals surface area (Å²) in [6.45, 7) is 1.84. The highest BCUT2D eigenvalue weighted by molar-refractivity contribution is 7.20. The molecule has 0 fully saturated rings. The third-order valence-corrected chi connectivity index (χ3v) is 2.72. The van der Waals surface area contributed by atoms with E-state index in [2.05, 4.69) is 0 Å². The molecule has 1 heterocycles. The molecule has 0 saturated heterocycles. The van der Waals surface area contributed by atoms with Crippen LogP contribution >= 0.6 is 11.3 Å². The maximum absolute atomic E-state index is 9.35. The first-order valence-electron chi connectivity index (χ1n) is 3.59. The summed E-state index contributed by atoms with van der Waals surface area (Å²) in [5.74, 6) is 0.282. The molecule has 0 amide bonds. The molecule has 62 valence electrons. The number of hydrogen-bond acceptors (Lipinski definition) is 3. The molecule has 2 nitrogen and oxygen atoms in total. The highest BCUT2D eigenvalue weighted by atomic mass is 32.1. The summed E-state index contributed by atoms with van der Waals surface area (Å²) in [6, 6.07) is 5.24. The lowest BCUT2D eigenvalue weighted by Gasteiger charge is -1.96. The minimum absolute atomic E-state index is 0.282. The molecular weight excluding hydrogens is 172 g/mol. The predicted octanol–water partition coefficient (Wildman–Crippen LogP) is 2.62. The first kappa shape index (κ1) is 7.43. The molecule has 2 rings (SSSR count). The maximum Gasteiger partial charge on any atom is 0.172 e. The summed E-state index contributed by atoms with van der Waals surface area (Å²) in [4.78, 5) is 0. The Morgan fingerprint density at radius 2 is 1.92 bits per heavy atom. The van der Waals surface area contributed by atoms with Crippen molar-refractivity contribution in [1.29, 1.82) is 0 Å². The molecule has 0 bridgehead atoms. The summed E-state index contributed by atoms with van der Waals surface area (Å²) in [5.41, 5.74) is 0.834. The van der Waals surface area contributed by atoms with Gasteiger partial charge in [-0.15, -0.1) is 0 Å². The van der Waals surface area contributed by atoms with Crippen molar-refractivity contribution in [2.45, 2.75) is 6.92 Å². The van der Waals surface area contributed by atoms with E-state index in [1.54, 1.807) is 12.1 Å². The first-order chi connectivity index (χ1) is 5.66. The second-order valence-corrected chi connectivity index (χ2v) is 3.82. The van der Waals surface area contributed by atoms with Gasteiger partial charge in [0.05, 0.1) is 0 Å². The van der Waals surface area contributed by atoms with Crippen LogP contribution in [0.15, 0.2) is 18.2 Å². The van der Waals surface area contributed by atoms with Crippen LogP contribution in [0, 0.1) is 6.92 Å². The molecule has 0 spiro atoms. The van der Waals surface area contributed by atoms with Crippen LogP contribution in [0.4, 0.5) is 0 Å². The summed E-state index contributed by atoms with van der Waals surface area (Å²) in [7, 11) is 0. The van der Waals surface area contributed by atoms with Gasteiger partial charge in [0, 0.05) is 4.70 Å². The Kier molecular flexibility index (Phi) is 1.48. The van der Waals surface area contributed by atoms with E-state index in [0.29, 0.717) is 0 Å². The van der Waals surface area contributed by atoms with Gasteiger partial charge in [0.25, 0.3) is 0 Å². The number of aryl methyl sites for hydroxylation is 1. The van der Waals surface area contributed by atoms with Gasteiger partial charge < -0.3 is 10.2 Å². The quantitative estimate of drug-likeness (QED) is 0.654. The normalized spacial score (nSPS) is 10.8. The van der Waals surface area contributed by atoms with E-state index in [9.17, 15) is 10.2 Å². The number of benzene rings is 1. The first-order valence-corrected chi connectivity index (χ1v) is 4.40. The number of hydrogen-bond donors (Lipinski definition) is 2. The minimum Gasteiger partial charge on any atom is -0.508 e. The van der Waals surface area contributed by atoms with Crippen LogP contribution in [0.1, 0.15) is 5.56 Å². The third kappa shape index (κ3) is 1.02. The second-order valence-electron chi connectivity index (χ2n) is 2.76. The van der Waals surface area contributed by atoms with E-state index in [4.69, 9.17) is 0 Å². The molecule has 0 unspecified atom stereocenters. The third-order valence-electron chi connectivity index (χ3n) is 1.82. The Morgan fingerprint density at radius 1 is 1.17 bits per heavy atom. The molecule has 0 atom stereocenters. The molecule has 0 radical (unpaired) electrons. The smallest absolute Gasteiger partial charge is 0.172 e. The number of phenolic OH excluding ortho intramolecular Hbond substituents is 1. The molecule has 0 saturated carbocycles. The van der Waals surface area contributed by atoms with Crippen LogP contribution < -0.4 is 0 Å². The van der Waals surface area contributed by atoms with Gasteiger partial charge in [0.15, 0.2) is 5.06 Å². The summed E-state index contributed by atoms with van der Waals surface area (Å²) in [5, 5.41) is 19.8. The van der Waals surface area contributed by atoms with Crippen molar-refractivity contribution >= 4 is 21.4 Å². The zero-order chi connectivity index (χ0) is 8.72. The Morgan fingerprint density at radius 3 is 2.67 bits per heavy atom. The molecular formula is C9H8O2S. The molecule has 0 aliphatic carbocycles. The van der Waals surface area contributed by atoms with Crippen LogP contribution in [0.3, 0.4) is 0 Å². The molecule has 1 aromatic heterocycles. The van der Waals surface area contributed by atoms with Gasteiger partial charge in [-0.05, 0) is 36.1 Å². The number of thiophene rings is 1. The predicted molar refractivity (Wildman–Crippen MR) is 49.9 cm³/mol. The van der Waals surface area contributed by atoms with E-state index < -0.39 is 0 Å². The zero-order valence-corrected chi connectivity index (χ0v) is 7.35. The van der Waals surface area contributed by atoms with Gasteiger partial charge in [-0.25, -0.2) is 0 Å². The van der Waals surface area contributed by atoms with Crippen molar-refractivity contribution in [3.8, 4) is 10.8 Å². The van der Waals surface area contributed by atoms with Gasteiger partial charge in [-0.3, -0.25) is 0 Å². The van der Waals surface area contributed by atoms with Crippen molar-refractivity contribution in [2.24, 2.45) is 0 Å². The van der Waals surface area contributed by atoms with E-state index in [0.717, 1.165) is 15.6 Å². The highest BCUT2D eigenvalue weighted by Crippen LogP contribution is 2.34. The van der Waals surface area contributed by atoms with Gasteiger partial charge in [-0.1, -0.05) is 11.3 Å². The lowest BCUT2D eigenvalue weighted by molar-refractivity contribution is 0.472. The lowest BCUT2D eigenvalue weighted by atomic mass is 10.2. The fourth-order valence-corrected chi connectivity index (χ4v) is 1.99. The van der Waals surface area contributed by atoms with Gasteiger partial charge in [0.2, 0.25) is 0 Å². The van der Waals surface area contributed by atoms with Crippen molar-refractivity contribution < 1.29 is 10.2 Å². The Bertz CT molecular complexity index is 392. The maximum atomic E-state index is 9.35. The Hall–Kier alpha value is -1.22. The van der Waals surface area contributed by atoms with E-state index in [1.165, 1.54) is 11.3 Å². The Balaban J connectivity index is 2.83. The van der Waals surface area contributed by atoms with Crippen molar-refractivity contribution in [3.63, 3.8) is 0 Å². The fourth-order valence-electron chi connectivity index (χ4n) is 1.18. The number of aromatic hydroxyl groups is 2. The van der Waals surface area contributed by atoms with Crippen LogP contribution in [-0.4, -0.2) is 10.2 Å². The van der Waals surface area contributed by atoms with E-state index >= 15 is 0 Å². The standard InChI is InChI=1S/C9H8O2S/c1-5-2-6-3-9(11)12-8(6)4-7(5)10/h2-4,10-11H,1H3. The number of fused-ring (bicyclic) bond motifs is 1. The zero-order valence-electron chi connectivity index (χ0n) is 6.53. The van der Waals surface area contributed by atoms with Crippen LogP contribution in [0.2, 0.25) is 0 Å². The molecule has 12 heavy (non-hydrogen) atoms. The second kappa shape index (κ2) is 2.38. The monoisotopic (exact) mass is 180 g/mol. The van der Waals surface area contributed by atoms with Gasteiger partial charge in [-0.2, -0.15) is 0 Å². The lowest BCUT2D eigenvalue weighted by Crippen LogP contribution is -1.72. The summed E-state index contributed by atoms with van der Waals surface area (Å²) < 4.78 is 0.913. The SMILES string of the molecule is Cc1cc2cc(O)sc2cc1O. The van der Waals surface area contributed by atoms with Gasteiger partial charge in [0.1, 0.15) is 5.75 Å². The summed E-state index contributed by atoms with van der Waals surface area (Å²) >= 11 is 1.27. The fraction of sp³-hybridized carbons (Fsp3) is 0.111. The largest absolute Gasteiger partial charge is 0.508 e. The topological polar surface area (TPSA) is 40.5 Å². The van der Waals surface area contributed by atoms with Crippen molar-refractivity contribution in [2.75, 3.05) is 0 Å². The summed E-state index contributed by atoms with van der Waals surface area (Å²) in [6.07, 6.45) is 0. The van der Waals surface area contributed by atoms with Crippen LogP contribution in [-0.2, 0) is 0 Å². The van der Waals surface area contributed by atoms with E-state index in [1.807, 2.05) is 13.0 Å². The van der Waals surface area contributed by atoms with E-state index in [-0.39, 0.29) is 10.8 Å². The Labute approximate surface area is 73.7 Å². The van der Waals surface area contributed by atoms with Crippen LogP contribution in [0.25, 0.3) is 10.1 Å². The minimum atomic E-state index is 0.282. The molecule has 1 aromatic carbocycles. The molecule has 3 heteroatoms. The molecule has 2 N–H and O–H groups in total. The average molecular weight is 180 g/mol. The number of rotatable bonds is 0. The van der Waals surface area contributed by atoms with Crippen molar-refractivity contribution in [3.05, 3.63) is 23.8 Å². The highest BCUT2D eigenvalue weighted by Gasteiger charge is 2.03. The molecule has 0 aliphatic rings. The molecule has 0 aliphatic heterocycles. The van der Waals surface area contributed by atoms with Crippen LogP contribution in [0.5, 0.6) is 10.8 Å². The average Bonchev–Trinajstić information content (AvgIpc) is 2.30. The molecule has 2 aromatic rings. The number of phenols is 1. The van der Waals surface area contributed by atoms with Gasteiger partial charge >= 0.3 is 0 Å².